The van der Waals surface area contributed by atoms with Crippen LogP contribution in [0.1, 0.15) is 25.0 Å². The van der Waals surface area contributed by atoms with Gasteiger partial charge in [0, 0.05) is 25.7 Å². The second kappa shape index (κ2) is 5.17. The molecule has 5 nitrogen and oxygen atoms in total. The van der Waals surface area contributed by atoms with E-state index in [1.165, 1.54) is 32.4 Å². The molecule has 0 aromatic carbocycles. The Labute approximate surface area is 113 Å². The molecule has 5 heteroatoms. The van der Waals surface area contributed by atoms with Crippen LogP contribution in [0.4, 0.5) is 5.82 Å². The Morgan fingerprint density at radius 1 is 1.26 bits per heavy atom. The summed E-state index contributed by atoms with van der Waals surface area (Å²) in [4.78, 5) is 9.47. The molecule has 3 heterocycles. The summed E-state index contributed by atoms with van der Waals surface area (Å²) >= 11 is 0. The van der Waals surface area contributed by atoms with Gasteiger partial charge in [0.25, 0.3) is 0 Å². The van der Waals surface area contributed by atoms with E-state index < -0.39 is 0 Å². The van der Waals surface area contributed by atoms with E-state index in [9.17, 15) is 0 Å². The minimum absolute atomic E-state index is 0.0409. The normalized spacial score (nSPS) is 24.0. The van der Waals surface area contributed by atoms with Crippen LogP contribution in [0, 0.1) is 5.41 Å². The molecule has 0 aliphatic carbocycles. The van der Waals surface area contributed by atoms with Gasteiger partial charge in [-0.3, -0.25) is 10.3 Å². The molecule has 3 N–H and O–H groups in total. The molecular weight excluding hydrogens is 238 g/mol. The Hall–Kier alpha value is -1.62. The predicted molar refractivity (Wildman–Crippen MR) is 76.7 cm³/mol. The van der Waals surface area contributed by atoms with Crippen LogP contribution in [0.3, 0.4) is 0 Å². The summed E-state index contributed by atoms with van der Waals surface area (Å²) in [6.45, 7) is 4.54. The number of pyridine rings is 1. The van der Waals surface area contributed by atoms with E-state index in [0.29, 0.717) is 11.7 Å². The van der Waals surface area contributed by atoms with Crippen molar-refractivity contribution in [3.8, 4) is 0 Å². The SMILES string of the molecule is N=C(N)c1cccc(N2CCCN3CCCC3C2)n1. The highest BCUT2D eigenvalue weighted by molar-refractivity contribution is 5.93. The summed E-state index contributed by atoms with van der Waals surface area (Å²) in [5.41, 5.74) is 6.10. The number of nitrogens with zero attached hydrogens (tertiary/aromatic N) is 3. The number of rotatable bonds is 2. The molecular formula is C14H21N5. The molecule has 0 radical (unpaired) electrons. The lowest BCUT2D eigenvalue weighted by molar-refractivity contribution is 0.273. The Balaban J connectivity index is 1.80. The maximum Gasteiger partial charge on any atom is 0.141 e. The first-order valence-corrected chi connectivity index (χ1v) is 7.04. The Kier molecular flexibility index (Phi) is 3.38. The summed E-state index contributed by atoms with van der Waals surface area (Å²) in [5.74, 6) is 1.00. The topological polar surface area (TPSA) is 69.2 Å². The maximum atomic E-state index is 7.50. The number of nitrogen functional groups attached to an aromatic ring is 1. The van der Waals surface area contributed by atoms with Crippen LogP contribution < -0.4 is 10.6 Å². The van der Waals surface area contributed by atoms with Crippen molar-refractivity contribution in [1.29, 1.82) is 5.41 Å². The zero-order valence-corrected chi connectivity index (χ0v) is 11.2. The summed E-state index contributed by atoms with van der Waals surface area (Å²) < 4.78 is 0. The third-order valence-corrected chi connectivity index (χ3v) is 4.14. The number of fused-ring (bicyclic) bond motifs is 1. The molecule has 0 amide bonds. The second-order valence-corrected chi connectivity index (χ2v) is 5.43. The minimum atomic E-state index is 0.0409. The number of anilines is 1. The van der Waals surface area contributed by atoms with E-state index in [4.69, 9.17) is 11.1 Å². The third-order valence-electron chi connectivity index (χ3n) is 4.14. The van der Waals surface area contributed by atoms with Crippen molar-refractivity contribution in [3.05, 3.63) is 23.9 Å². The number of amidine groups is 1. The summed E-state index contributed by atoms with van der Waals surface area (Å²) in [7, 11) is 0. The maximum absolute atomic E-state index is 7.50. The molecule has 2 fully saturated rings. The van der Waals surface area contributed by atoms with E-state index in [1.54, 1.807) is 6.07 Å². The number of hydrogen-bond donors (Lipinski definition) is 2. The largest absolute Gasteiger partial charge is 0.382 e. The van der Waals surface area contributed by atoms with Gasteiger partial charge >= 0.3 is 0 Å². The van der Waals surface area contributed by atoms with Gasteiger partial charge in [0.2, 0.25) is 0 Å². The standard InChI is InChI=1S/C14H21N5/c15-14(16)12-5-1-6-13(17-12)19-9-3-8-18-7-2-4-11(18)10-19/h1,5-6,11H,2-4,7-10H2,(H3,15,16). The predicted octanol–water partition coefficient (Wildman–Crippen LogP) is 1.04. The highest BCUT2D eigenvalue weighted by Crippen LogP contribution is 2.24. The van der Waals surface area contributed by atoms with Gasteiger partial charge in [-0.15, -0.1) is 0 Å². The van der Waals surface area contributed by atoms with E-state index >= 15 is 0 Å². The van der Waals surface area contributed by atoms with Crippen molar-refractivity contribution >= 4 is 11.7 Å². The molecule has 2 aliphatic rings. The van der Waals surface area contributed by atoms with Gasteiger partial charge < -0.3 is 10.6 Å². The molecule has 1 aromatic heterocycles. The van der Waals surface area contributed by atoms with Crippen LogP contribution in [0.5, 0.6) is 0 Å². The number of aromatic nitrogens is 1. The van der Waals surface area contributed by atoms with Gasteiger partial charge in [0.1, 0.15) is 17.3 Å². The Morgan fingerprint density at radius 3 is 2.95 bits per heavy atom. The molecule has 1 unspecified atom stereocenters. The van der Waals surface area contributed by atoms with Gasteiger partial charge in [-0.25, -0.2) is 4.98 Å². The molecule has 3 rings (SSSR count). The number of nitrogens with two attached hydrogens (primary N) is 1. The average molecular weight is 259 g/mol. The number of nitrogens with one attached hydrogen (secondary N) is 1. The van der Waals surface area contributed by atoms with E-state index in [-0.39, 0.29) is 5.84 Å². The van der Waals surface area contributed by atoms with Gasteiger partial charge in [-0.1, -0.05) is 6.07 Å². The monoisotopic (exact) mass is 259 g/mol. The fourth-order valence-electron chi connectivity index (χ4n) is 3.16. The Bertz CT molecular complexity index is 473. The van der Waals surface area contributed by atoms with Crippen LogP contribution in [-0.2, 0) is 0 Å². The van der Waals surface area contributed by atoms with Crippen LogP contribution in [0.2, 0.25) is 0 Å². The second-order valence-electron chi connectivity index (χ2n) is 5.43. The molecule has 1 atom stereocenters. The smallest absolute Gasteiger partial charge is 0.141 e. The van der Waals surface area contributed by atoms with Crippen LogP contribution in [0.15, 0.2) is 18.2 Å². The molecule has 2 aliphatic heterocycles. The van der Waals surface area contributed by atoms with E-state index in [0.717, 1.165) is 18.9 Å². The van der Waals surface area contributed by atoms with Gasteiger partial charge in [0.05, 0.1) is 0 Å². The lowest BCUT2D eigenvalue weighted by Gasteiger charge is -2.26. The van der Waals surface area contributed by atoms with Crippen LogP contribution in [-0.4, -0.2) is 47.9 Å². The van der Waals surface area contributed by atoms with E-state index in [1.807, 2.05) is 12.1 Å². The molecule has 0 bridgehead atoms. The zero-order valence-electron chi connectivity index (χ0n) is 11.2. The highest BCUT2D eigenvalue weighted by Gasteiger charge is 2.29. The third kappa shape index (κ3) is 2.56. The molecule has 0 spiro atoms. The average Bonchev–Trinajstić information content (AvgIpc) is 2.76. The molecule has 102 valence electrons. The van der Waals surface area contributed by atoms with Crippen molar-refractivity contribution in [2.24, 2.45) is 5.73 Å². The van der Waals surface area contributed by atoms with E-state index in [2.05, 4.69) is 14.8 Å². The molecule has 2 saturated heterocycles. The first kappa shape index (κ1) is 12.4. The quantitative estimate of drug-likeness (QED) is 0.615. The number of hydrogen-bond acceptors (Lipinski definition) is 4. The Morgan fingerprint density at radius 2 is 2.11 bits per heavy atom. The minimum Gasteiger partial charge on any atom is -0.382 e. The van der Waals surface area contributed by atoms with Gasteiger partial charge in [0.15, 0.2) is 0 Å². The first-order chi connectivity index (χ1) is 9.24. The molecule has 0 saturated carbocycles. The summed E-state index contributed by atoms with van der Waals surface area (Å²) in [6.07, 6.45) is 3.80. The van der Waals surface area contributed by atoms with Gasteiger partial charge in [-0.05, 0) is 37.9 Å². The lowest BCUT2D eigenvalue weighted by Crippen LogP contribution is -2.37. The molecule has 1 aromatic rings. The van der Waals surface area contributed by atoms with Crippen molar-refractivity contribution in [2.75, 3.05) is 31.1 Å². The van der Waals surface area contributed by atoms with Crippen molar-refractivity contribution in [2.45, 2.75) is 25.3 Å². The first-order valence-electron chi connectivity index (χ1n) is 7.04. The van der Waals surface area contributed by atoms with Gasteiger partial charge in [-0.2, -0.15) is 0 Å². The van der Waals surface area contributed by atoms with Crippen molar-refractivity contribution < 1.29 is 0 Å². The lowest BCUT2D eigenvalue weighted by atomic mass is 10.2. The summed E-state index contributed by atoms with van der Waals surface area (Å²) in [5, 5.41) is 7.50. The van der Waals surface area contributed by atoms with Crippen LogP contribution >= 0.6 is 0 Å². The fraction of sp³-hybridized carbons (Fsp3) is 0.571. The fourth-order valence-corrected chi connectivity index (χ4v) is 3.16. The zero-order chi connectivity index (χ0) is 13.2. The molecule has 19 heavy (non-hydrogen) atoms. The summed E-state index contributed by atoms with van der Waals surface area (Å²) in [6, 6.07) is 6.43. The van der Waals surface area contributed by atoms with Crippen LogP contribution in [0.25, 0.3) is 0 Å². The van der Waals surface area contributed by atoms with Crippen molar-refractivity contribution in [3.63, 3.8) is 0 Å². The van der Waals surface area contributed by atoms with Crippen molar-refractivity contribution in [1.82, 2.24) is 9.88 Å². The highest BCUT2D eigenvalue weighted by atomic mass is 15.3.